The number of benzene rings is 1. The molecule has 0 radical (unpaired) electrons. The van der Waals surface area contributed by atoms with Gasteiger partial charge in [-0.25, -0.2) is 4.98 Å². The Kier molecular flexibility index (Phi) is 3.02. The molecule has 1 amide bonds. The van der Waals surface area contributed by atoms with Crippen molar-refractivity contribution in [2.24, 2.45) is 0 Å². The average molecular weight is 283 g/mol. The molecule has 3 aromatic rings. The van der Waals surface area contributed by atoms with Gasteiger partial charge in [-0.05, 0) is 26.0 Å². The van der Waals surface area contributed by atoms with Gasteiger partial charge < -0.3 is 0 Å². The van der Waals surface area contributed by atoms with Crippen LogP contribution in [0.3, 0.4) is 0 Å². The summed E-state index contributed by atoms with van der Waals surface area (Å²) in [6, 6.07) is 8.53. The fraction of sp³-hybridized carbons (Fsp3) is 0.143. The lowest BCUT2D eigenvalue weighted by molar-refractivity contribution is 0.102. The third-order valence-electron chi connectivity index (χ3n) is 3.00. The minimum atomic E-state index is -0.307. The van der Waals surface area contributed by atoms with Crippen LogP contribution in [0.5, 0.6) is 0 Å². The lowest BCUT2D eigenvalue weighted by atomic mass is 10.1. The Morgan fingerprint density at radius 3 is 2.62 bits per heavy atom. The Bertz CT molecular complexity index is 877. The Hall–Kier alpha value is -2.96. The zero-order chi connectivity index (χ0) is 15.0. The molecular formula is C14H13N5O2. The van der Waals surface area contributed by atoms with Crippen LogP contribution < -0.4 is 10.9 Å². The van der Waals surface area contributed by atoms with Crippen LogP contribution in [0.15, 0.2) is 35.1 Å². The minimum absolute atomic E-state index is 0.177. The van der Waals surface area contributed by atoms with Crippen LogP contribution in [0, 0.1) is 13.8 Å². The van der Waals surface area contributed by atoms with Crippen molar-refractivity contribution in [3.63, 3.8) is 0 Å². The number of aromatic nitrogens is 4. The van der Waals surface area contributed by atoms with E-state index in [2.05, 4.69) is 20.4 Å². The highest BCUT2D eigenvalue weighted by Gasteiger charge is 2.10. The normalized spacial score (nSPS) is 10.8. The van der Waals surface area contributed by atoms with Gasteiger partial charge in [-0.1, -0.05) is 17.7 Å². The van der Waals surface area contributed by atoms with E-state index in [-0.39, 0.29) is 23.2 Å². The van der Waals surface area contributed by atoms with Gasteiger partial charge in [0.05, 0.1) is 0 Å². The van der Waals surface area contributed by atoms with Gasteiger partial charge in [0.2, 0.25) is 5.95 Å². The zero-order valence-corrected chi connectivity index (χ0v) is 11.5. The molecule has 3 rings (SSSR count). The zero-order valence-electron chi connectivity index (χ0n) is 11.5. The molecule has 0 saturated heterocycles. The Labute approximate surface area is 119 Å². The molecule has 7 nitrogen and oxygen atoms in total. The summed E-state index contributed by atoms with van der Waals surface area (Å²) in [5.41, 5.74) is 1.88. The van der Waals surface area contributed by atoms with Crippen LogP contribution in [-0.4, -0.2) is 25.5 Å². The van der Waals surface area contributed by atoms with Gasteiger partial charge in [0.15, 0.2) is 0 Å². The number of aromatic amines is 1. The van der Waals surface area contributed by atoms with E-state index in [1.165, 1.54) is 10.6 Å². The first-order chi connectivity index (χ1) is 10.0. The maximum absolute atomic E-state index is 12.1. The van der Waals surface area contributed by atoms with Crippen LogP contribution in [0.25, 0.3) is 5.78 Å². The smallest absolute Gasteiger partial charge is 0.274 e. The molecule has 106 valence electrons. The van der Waals surface area contributed by atoms with Crippen LogP contribution in [-0.2, 0) is 0 Å². The summed E-state index contributed by atoms with van der Waals surface area (Å²) < 4.78 is 1.18. The SMILES string of the molecule is Cc1ccc(C(=O)Nc2nc3nc(C)cc(=O)n3[nH]2)cc1. The summed E-state index contributed by atoms with van der Waals surface area (Å²) in [6.07, 6.45) is 0. The molecule has 0 aliphatic heterocycles. The lowest BCUT2D eigenvalue weighted by Crippen LogP contribution is -2.16. The van der Waals surface area contributed by atoms with Gasteiger partial charge in [0.1, 0.15) is 0 Å². The van der Waals surface area contributed by atoms with Gasteiger partial charge in [0, 0.05) is 17.3 Å². The van der Waals surface area contributed by atoms with Gasteiger partial charge in [-0.15, -0.1) is 0 Å². The van der Waals surface area contributed by atoms with Gasteiger partial charge in [-0.2, -0.15) is 9.50 Å². The fourth-order valence-electron chi connectivity index (χ4n) is 1.93. The van der Waals surface area contributed by atoms with E-state index in [4.69, 9.17) is 0 Å². The first-order valence-corrected chi connectivity index (χ1v) is 6.37. The molecule has 0 bridgehead atoms. The van der Waals surface area contributed by atoms with E-state index in [0.29, 0.717) is 11.3 Å². The monoisotopic (exact) mass is 283 g/mol. The molecule has 0 atom stereocenters. The number of fused-ring (bicyclic) bond motifs is 1. The van der Waals surface area contributed by atoms with E-state index in [1.54, 1.807) is 19.1 Å². The van der Waals surface area contributed by atoms with Crippen molar-refractivity contribution in [2.75, 3.05) is 5.32 Å². The summed E-state index contributed by atoms with van der Waals surface area (Å²) in [6.45, 7) is 3.65. The highest BCUT2D eigenvalue weighted by atomic mass is 16.2. The molecule has 21 heavy (non-hydrogen) atoms. The highest BCUT2D eigenvalue weighted by molar-refractivity contribution is 6.03. The van der Waals surface area contributed by atoms with Crippen molar-refractivity contribution in [3.8, 4) is 0 Å². The van der Waals surface area contributed by atoms with Crippen molar-refractivity contribution in [1.82, 2.24) is 19.6 Å². The van der Waals surface area contributed by atoms with E-state index in [1.807, 2.05) is 19.1 Å². The van der Waals surface area contributed by atoms with Gasteiger partial charge >= 0.3 is 0 Å². The number of carbonyl (C=O) groups excluding carboxylic acids is 1. The molecule has 0 fully saturated rings. The van der Waals surface area contributed by atoms with Crippen LogP contribution in [0.4, 0.5) is 5.95 Å². The number of nitrogens with zero attached hydrogens (tertiary/aromatic N) is 3. The maximum Gasteiger partial charge on any atom is 0.274 e. The molecular weight excluding hydrogens is 270 g/mol. The topological polar surface area (TPSA) is 92.2 Å². The number of anilines is 1. The van der Waals surface area contributed by atoms with Crippen LogP contribution in [0.1, 0.15) is 21.6 Å². The highest BCUT2D eigenvalue weighted by Crippen LogP contribution is 2.07. The van der Waals surface area contributed by atoms with Crippen molar-refractivity contribution < 1.29 is 4.79 Å². The van der Waals surface area contributed by atoms with Crippen LogP contribution >= 0.6 is 0 Å². The van der Waals surface area contributed by atoms with E-state index in [9.17, 15) is 9.59 Å². The molecule has 0 spiro atoms. The summed E-state index contributed by atoms with van der Waals surface area (Å²) >= 11 is 0. The first-order valence-electron chi connectivity index (χ1n) is 6.37. The summed E-state index contributed by atoms with van der Waals surface area (Å²) in [4.78, 5) is 32.0. The molecule has 7 heteroatoms. The lowest BCUT2D eigenvalue weighted by Gasteiger charge is -2.01. The largest absolute Gasteiger partial charge is 0.291 e. The third-order valence-corrected chi connectivity index (χ3v) is 3.00. The molecule has 0 unspecified atom stereocenters. The average Bonchev–Trinajstić information content (AvgIpc) is 2.82. The first kappa shape index (κ1) is 13.0. The predicted molar refractivity (Wildman–Crippen MR) is 77.5 cm³/mol. The second kappa shape index (κ2) is 4.86. The van der Waals surface area contributed by atoms with Gasteiger partial charge in [-0.3, -0.25) is 20.0 Å². The number of rotatable bonds is 2. The number of H-pyrrole nitrogens is 1. The molecule has 1 aromatic carbocycles. The Morgan fingerprint density at radius 2 is 1.90 bits per heavy atom. The predicted octanol–water partition coefficient (Wildman–Crippen LogP) is 1.29. The molecule has 2 aromatic heterocycles. The fourth-order valence-corrected chi connectivity index (χ4v) is 1.93. The van der Waals surface area contributed by atoms with Gasteiger partial charge in [0.25, 0.3) is 17.2 Å². The Balaban J connectivity index is 1.91. The second-order valence-corrected chi connectivity index (χ2v) is 4.76. The summed E-state index contributed by atoms with van der Waals surface area (Å²) in [7, 11) is 0. The van der Waals surface area contributed by atoms with E-state index < -0.39 is 0 Å². The Morgan fingerprint density at radius 1 is 1.19 bits per heavy atom. The summed E-state index contributed by atoms with van der Waals surface area (Å²) in [5.74, 6) is 0.0915. The van der Waals surface area contributed by atoms with E-state index >= 15 is 0 Å². The number of nitrogens with one attached hydrogen (secondary N) is 2. The molecule has 0 aliphatic rings. The quantitative estimate of drug-likeness (QED) is 0.741. The van der Waals surface area contributed by atoms with Crippen molar-refractivity contribution in [1.29, 1.82) is 0 Å². The summed E-state index contributed by atoms with van der Waals surface area (Å²) in [5, 5.41) is 5.31. The van der Waals surface area contributed by atoms with E-state index in [0.717, 1.165) is 5.56 Å². The van der Waals surface area contributed by atoms with Crippen molar-refractivity contribution in [2.45, 2.75) is 13.8 Å². The number of carbonyl (C=O) groups is 1. The second-order valence-electron chi connectivity index (χ2n) is 4.76. The number of amides is 1. The number of hydrogen-bond acceptors (Lipinski definition) is 4. The number of aryl methyl sites for hydroxylation is 2. The standard InChI is InChI=1S/C14H13N5O2/c1-8-3-5-10(6-4-8)12(21)16-13-17-14-15-9(2)7-11(20)19(14)18-13/h3-7H,1-2H3,(H2,15,16,17,18,21). The maximum atomic E-state index is 12.1. The molecule has 2 heterocycles. The van der Waals surface area contributed by atoms with Crippen LogP contribution in [0.2, 0.25) is 0 Å². The van der Waals surface area contributed by atoms with Crippen molar-refractivity contribution >= 4 is 17.6 Å². The molecule has 2 N–H and O–H groups in total. The number of hydrogen-bond donors (Lipinski definition) is 2. The van der Waals surface area contributed by atoms with Crippen molar-refractivity contribution in [3.05, 3.63) is 57.5 Å². The third kappa shape index (κ3) is 2.53. The molecule has 0 aliphatic carbocycles. The molecule has 0 saturated carbocycles. The minimum Gasteiger partial charge on any atom is -0.291 e.